The Kier molecular flexibility index (Phi) is 10.3. The Balaban J connectivity index is 1.41. The number of piperidine rings is 1. The van der Waals surface area contributed by atoms with E-state index in [9.17, 15) is 4.79 Å². The zero-order valence-electron chi connectivity index (χ0n) is 23.9. The molecule has 0 saturated carbocycles. The van der Waals surface area contributed by atoms with Crippen LogP contribution in [0.4, 0.5) is 5.69 Å². The highest BCUT2D eigenvalue weighted by molar-refractivity contribution is 5.95. The molecule has 1 aromatic heterocycles. The van der Waals surface area contributed by atoms with Crippen molar-refractivity contribution in [3.8, 4) is 11.1 Å². The molecule has 0 bridgehead atoms. The van der Waals surface area contributed by atoms with E-state index >= 15 is 0 Å². The largest absolute Gasteiger partial charge is 0.375 e. The molecule has 3 heterocycles. The molecule has 7 nitrogen and oxygen atoms in total. The van der Waals surface area contributed by atoms with Gasteiger partial charge in [-0.1, -0.05) is 55.7 Å². The lowest BCUT2D eigenvalue weighted by molar-refractivity contribution is -0.122. The molecule has 212 valence electrons. The lowest BCUT2D eigenvalue weighted by Crippen LogP contribution is -2.45. The van der Waals surface area contributed by atoms with Crippen molar-refractivity contribution in [2.75, 3.05) is 44.8 Å². The molecule has 7 heteroatoms. The van der Waals surface area contributed by atoms with E-state index < -0.39 is 0 Å². The van der Waals surface area contributed by atoms with E-state index in [0.717, 1.165) is 68.9 Å². The van der Waals surface area contributed by atoms with Crippen LogP contribution < -0.4 is 4.90 Å². The number of carbonyl (C=O) groups is 1. The highest BCUT2D eigenvalue weighted by Gasteiger charge is 2.27. The number of hydrogen-bond donors (Lipinski definition) is 0. The van der Waals surface area contributed by atoms with Gasteiger partial charge in [0.1, 0.15) is 12.9 Å². The van der Waals surface area contributed by atoms with E-state index in [4.69, 9.17) is 4.74 Å². The van der Waals surface area contributed by atoms with Crippen molar-refractivity contribution < 1.29 is 9.53 Å². The molecule has 0 N–H and O–H groups in total. The van der Waals surface area contributed by atoms with Gasteiger partial charge in [-0.05, 0) is 74.1 Å². The second kappa shape index (κ2) is 14.5. The predicted octanol–water partition coefficient (Wildman–Crippen LogP) is 5.55. The Hall–Kier alpha value is -3.13. The molecule has 2 aromatic carbocycles. The Morgan fingerprint density at radius 3 is 2.35 bits per heavy atom. The molecule has 3 aromatic rings. The van der Waals surface area contributed by atoms with Crippen LogP contribution >= 0.6 is 0 Å². The van der Waals surface area contributed by atoms with Gasteiger partial charge in [0.15, 0.2) is 0 Å². The third-order valence-electron chi connectivity index (χ3n) is 8.36. The number of rotatable bonds is 6. The van der Waals surface area contributed by atoms with Crippen LogP contribution in [0.5, 0.6) is 0 Å². The third kappa shape index (κ3) is 7.53. The van der Waals surface area contributed by atoms with Crippen LogP contribution in [0, 0.1) is 0 Å². The fourth-order valence-corrected chi connectivity index (χ4v) is 6.19. The molecule has 0 atom stereocenters. The van der Waals surface area contributed by atoms with Gasteiger partial charge in [0, 0.05) is 56.4 Å². The zero-order chi connectivity index (χ0) is 27.6. The summed E-state index contributed by atoms with van der Waals surface area (Å²) in [5.74, 6) is 0.0253. The Morgan fingerprint density at radius 1 is 0.875 bits per heavy atom. The Labute approximate surface area is 239 Å². The highest BCUT2D eigenvalue weighted by atomic mass is 16.5. The molecule has 0 radical (unpaired) electrons. The summed E-state index contributed by atoms with van der Waals surface area (Å²) < 4.78 is 5.28. The summed E-state index contributed by atoms with van der Waals surface area (Å²) in [6, 6.07) is 17.8. The standard InChI is InChI=1S/C33H43N5O2/c1-40-25-33(39)38-17-9-4-2-3-8-16-37(31-14-18-36(19-15-31)23-27-10-6-5-7-11-27)24-29-20-28(12-13-32(29)38)30-21-34-26-35-22-30/h5-7,10-13,20-22,26,31H,2-4,8-9,14-19,23-25H2,1H3. The monoisotopic (exact) mass is 541 g/mol. The van der Waals surface area contributed by atoms with Gasteiger partial charge in [-0.15, -0.1) is 0 Å². The normalized spacial score (nSPS) is 18.5. The van der Waals surface area contributed by atoms with Crippen molar-refractivity contribution in [3.05, 3.63) is 78.4 Å². The predicted molar refractivity (Wildman–Crippen MR) is 160 cm³/mol. The summed E-state index contributed by atoms with van der Waals surface area (Å²) in [5.41, 5.74) is 5.67. The average molecular weight is 542 g/mol. The maximum absolute atomic E-state index is 13.3. The van der Waals surface area contributed by atoms with E-state index in [1.165, 1.54) is 43.2 Å². The molecule has 5 rings (SSSR count). The summed E-state index contributed by atoms with van der Waals surface area (Å²) >= 11 is 0. The molecule has 2 aliphatic heterocycles. The first-order chi connectivity index (χ1) is 19.7. The fourth-order valence-electron chi connectivity index (χ4n) is 6.19. The van der Waals surface area contributed by atoms with E-state index in [2.05, 4.69) is 68.3 Å². The van der Waals surface area contributed by atoms with Crippen molar-refractivity contribution in [3.63, 3.8) is 0 Å². The Morgan fingerprint density at radius 2 is 1.60 bits per heavy atom. The molecule has 0 aliphatic carbocycles. The van der Waals surface area contributed by atoms with Crippen LogP contribution in [-0.4, -0.2) is 71.6 Å². The quantitative estimate of drug-likeness (QED) is 0.408. The number of carbonyl (C=O) groups excluding carboxylic acids is 1. The second-order valence-corrected chi connectivity index (χ2v) is 11.2. The van der Waals surface area contributed by atoms with Crippen molar-refractivity contribution in [2.45, 2.75) is 64.1 Å². The maximum atomic E-state index is 13.3. The van der Waals surface area contributed by atoms with E-state index in [1.54, 1.807) is 13.4 Å². The minimum Gasteiger partial charge on any atom is -0.375 e. The van der Waals surface area contributed by atoms with Gasteiger partial charge in [-0.25, -0.2) is 9.97 Å². The lowest BCUT2D eigenvalue weighted by atomic mass is 9.98. The smallest absolute Gasteiger partial charge is 0.252 e. The lowest BCUT2D eigenvalue weighted by Gasteiger charge is -2.39. The molecule has 40 heavy (non-hydrogen) atoms. The number of ether oxygens (including phenoxy) is 1. The fraction of sp³-hybridized carbons (Fsp3) is 0.485. The van der Waals surface area contributed by atoms with Crippen molar-refractivity contribution >= 4 is 11.6 Å². The average Bonchev–Trinajstić information content (AvgIpc) is 2.99. The van der Waals surface area contributed by atoms with Gasteiger partial charge in [-0.2, -0.15) is 0 Å². The van der Waals surface area contributed by atoms with E-state index in [-0.39, 0.29) is 12.5 Å². The highest BCUT2D eigenvalue weighted by Crippen LogP contribution is 2.31. The SMILES string of the molecule is COCC(=O)N1CCCCCCCN(C2CCN(Cc3ccccc3)CC2)Cc2cc(-c3cncnc3)ccc21. The molecule has 0 spiro atoms. The molecular formula is C33H43N5O2. The van der Waals surface area contributed by atoms with E-state index in [1.807, 2.05) is 17.3 Å². The van der Waals surface area contributed by atoms with Crippen molar-refractivity contribution in [1.29, 1.82) is 0 Å². The number of anilines is 1. The minimum absolute atomic E-state index is 0.0253. The van der Waals surface area contributed by atoms with Crippen molar-refractivity contribution in [1.82, 2.24) is 19.8 Å². The number of amides is 1. The molecular weight excluding hydrogens is 498 g/mol. The molecule has 1 amide bonds. The van der Waals surface area contributed by atoms with Gasteiger partial charge in [0.05, 0.1) is 0 Å². The summed E-state index contributed by atoms with van der Waals surface area (Å²) in [4.78, 5) is 29.0. The number of likely N-dealkylation sites (tertiary alicyclic amines) is 1. The molecule has 1 fully saturated rings. The van der Waals surface area contributed by atoms with Crippen molar-refractivity contribution in [2.24, 2.45) is 0 Å². The number of aromatic nitrogens is 2. The summed E-state index contributed by atoms with van der Waals surface area (Å²) in [5, 5.41) is 0. The first-order valence-electron chi connectivity index (χ1n) is 14.9. The first-order valence-corrected chi connectivity index (χ1v) is 14.9. The maximum Gasteiger partial charge on any atom is 0.252 e. The van der Waals surface area contributed by atoms with Crippen LogP contribution in [0.3, 0.4) is 0 Å². The van der Waals surface area contributed by atoms with Gasteiger partial charge in [0.2, 0.25) is 0 Å². The number of fused-ring (bicyclic) bond motifs is 1. The van der Waals surface area contributed by atoms with Crippen LogP contribution in [0.25, 0.3) is 11.1 Å². The molecule has 2 aliphatic rings. The topological polar surface area (TPSA) is 61.8 Å². The zero-order valence-corrected chi connectivity index (χ0v) is 23.9. The molecule has 1 saturated heterocycles. The summed E-state index contributed by atoms with van der Waals surface area (Å²) in [7, 11) is 1.60. The second-order valence-electron chi connectivity index (χ2n) is 11.2. The number of methoxy groups -OCH3 is 1. The number of nitrogens with zero attached hydrogens (tertiary/aromatic N) is 5. The minimum atomic E-state index is 0.0253. The number of hydrogen-bond acceptors (Lipinski definition) is 6. The van der Waals surface area contributed by atoms with Gasteiger partial charge >= 0.3 is 0 Å². The summed E-state index contributed by atoms with van der Waals surface area (Å²) in [6.45, 7) is 5.99. The van der Waals surface area contributed by atoms with Crippen LogP contribution in [0.2, 0.25) is 0 Å². The first kappa shape index (κ1) is 28.4. The van der Waals surface area contributed by atoms with Crippen LogP contribution in [0.1, 0.15) is 56.1 Å². The van der Waals surface area contributed by atoms with Gasteiger partial charge in [-0.3, -0.25) is 14.6 Å². The van der Waals surface area contributed by atoms with Gasteiger partial charge in [0.25, 0.3) is 5.91 Å². The van der Waals surface area contributed by atoms with E-state index in [0.29, 0.717) is 6.04 Å². The van der Waals surface area contributed by atoms with Crippen LogP contribution in [-0.2, 0) is 22.6 Å². The third-order valence-corrected chi connectivity index (χ3v) is 8.36. The Bertz CT molecular complexity index is 1200. The molecule has 0 unspecified atom stereocenters. The number of benzene rings is 2. The van der Waals surface area contributed by atoms with Gasteiger partial charge < -0.3 is 9.64 Å². The summed E-state index contributed by atoms with van der Waals surface area (Å²) in [6.07, 6.45) is 13.4. The van der Waals surface area contributed by atoms with Crippen LogP contribution in [0.15, 0.2) is 67.3 Å².